The van der Waals surface area contributed by atoms with Crippen LogP contribution in [0.4, 0.5) is 18.9 Å². The van der Waals surface area contributed by atoms with E-state index >= 15 is 0 Å². The molecule has 1 N–H and O–H groups in total. The largest absolute Gasteiger partial charge is 0.507 e. The number of carbonyl (C=O) groups excluding carboxylic acids is 2. The van der Waals surface area contributed by atoms with Crippen molar-refractivity contribution in [2.24, 2.45) is 0 Å². The van der Waals surface area contributed by atoms with Gasteiger partial charge in [0.05, 0.1) is 31.4 Å². The number of aliphatic hydroxyl groups is 1. The third-order valence-corrected chi connectivity index (χ3v) is 6.59. The van der Waals surface area contributed by atoms with E-state index in [0.717, 1.165) is 22.6 Å². The summed E-state index contributed by atoms with van der Waals surface area (Å²) < 4.78 is 51.3. The van der Waals surface area contributed by atoms with Crippen molar-refractivity contribution in [3.05, 3.63) is 94.6 Å². The van der Waals surface area contributed by atoms with E-state index in [1.54, 1.807) is 42.5 Å². The number of ether oxygens (including phenoxy) is 2. The van der Waals surface area contributed by atoms with Gasteiger partial charge in [-0.15, -0.1) is 0 Å². The Balaban J connectivity index is 1.98. The van der Waals surface area contributed by atoms with Gasteiger partial charge in [0.25, 0.3) is 11.7 Å². The van der Waals surface area contributed by atoms with E-state index in [2.05, 4.69) is 0 Å². The maximum absolute atomic E-state index is 13.5. The molecule has 0 aromatic heterocycles. The van der Waals surface area contributed by atoms with Crippen LogP contribution >= 0.6 is 0 Å². The normalized spacial score (nSPS) is 17.4. The van der Waals surface area contributed by atoms with Crippen molar-refractivity contribution in [2.75, 3.05) is 19.1 Å². The Morgan fingerprint density at radius 1 is 0.897 bits per heavy atom. The van der Waals surface area contributed by atoms with E-state index in [1.165, 1.54) is 26.4 Å². The molecule has 1 aliphatic rings. The van der Waals surface area contributed by atoms with Crippen LogP contribution in [-0.4, -0.2) is 31.0 Å². The van der Waals surface area contributed by atoms with Crippen molar-refractivity contribution in [3.63, 3.8) is 0 Å². The molecule has 1 heterocycles. The molecule has 1 fully saturated rings. The van der Waals surface area contributed by atoms with Crippen molar-refractivity contribution in [1.82, 2.24) is 0 Å². The predicted octanol–water partition coefficient (Wildman–Crippen LogP) is 6.65. The lowest BCUT2D eigenvalue weighted by molar-refractivity contribution is -0.137. The van der Waals surface area contributed by atoms with E-state index in [4.69, 9.17) is 9.47 Å². The molecule has 204 valence electrons. The number of halogens is 3. The zero-order valence-corrected chi connectivity index (χ0v) is 22.1. The van der Waals surface area contributed by atoms with Crippen LogP contribution < -0.4 is 14.4 Å². The molecular weight excluding hydrogens is 511 g/mol. The molecule has 0 aliphatic carbocycles. The number of hydrogen-bond acceptors (Lipinski definition) is 5. The van der Waals surface area contributed by atoms with E-state index in [-0.39, 0.29) is 16.8 Å². The van der Waals surface area contributed by atoms with Crippen LogP contribution in [0.1, 0.15) is 49.1 Å². The van der Waals surface area contributed by atoms with Gasteiger partial charge >= 0.3 is 6.18 Å². The van der Waals surface area contributed by atoms with Gasteiger partial charge in [0.1, 0.15) is 17.3 Å². The monoisotopic (exact) mass is 539 g/mol. The minimum Gasteiger partial charge on any atom is -0.507 e. The van der Waals surface area contributed by atoms with Crippen molar-refractivity contribution in [1.29, 1.82) is 0 Å². The number of Topliss-reactive ketones (excluding diaryl/α,β-unsaturated/α-hetero) is 1. The molecule has 1 saturated heterocycles. The van der Waals surface area contributed by atoms with Crippen molar-refractivity contribution in [2.45, 2.75) is 38.4 Å². The topological polar surface area (TPSA) is 76.1 Å². The molecule has 0 spiro atoms. The first kappa shape index (κ1) is 27.8. The number of aliphatic hydroxyl groups excluding tert-OH is 1. The van der Waals surface area contributed by atoms with Crippen molar-refractivity contribution in [3.8, 4) is 11.5 Å². The van der Waals surface area contributed by atoms with Gasteiger partial charge in [0, 0.05) is 16.8 Å². The standard InChI is InChI=1S/C30H28F3NO5/c1-29(2,3)22-15-18(12-13-23(22)39-5)26(35)24-25(17-8-6-11-21(14-17)38-4)34(28(37)27(24)36)20-10-7-9-19(16-20)30(31,32)33/h6-16,25,35H,1-5H3/b26-24-. The second kappa shape index (κ2) is 10.1. The minimum atomic E-state index is -4.67. The van der Waals surface area contributed by atoms with Gasteiger partial charge in [-0.05, 0) is 59.5 Å². The summed E-state index contributed by atoms with van der Waals surface area (Å²) in [6.07, 6.45) is -4.67. The first-order valence-corrected chi connectivity index (χ1v) is 12.1. The highest BCUT2D eigenvalue weighted by molar-refractivity contribution is 6.51. The first-order chi connectivity index (χ1) is 18.3. The lowest BCUT2D eigenvalue weighted by Gasteiger charge is -2.26. The van der Waals surface area contributed by atoms with Crippen LogP contribution in [0.15, 0.2) is 72.3 Å². The molecule has 1 amide bonds. The highest BCUT2D eigenvalue weighted by Crippen LogP contribution is 2.44. The number of carbonyl (C=O) groups is 2. The number of amides is 1. The SMILES string of the molecule is COc1cccc(C2/C(=C(/O)c3ccc(OC)c(C(C)(C)C)c3)C(=O)C(=O)N2c2cccc(C(F)(F)F)c2)c1. The lowest BCUT2D eigenvalue weighted by atomic mass is 9.84. The highest BCUT2D eigenvalue weighted by Gasteiger charge is 2.47. The van der Waals surface area contributed by atoms with E-state index in [9.17, 15) is 27.9 Å². The minimum absolute atomic E-state index is 0.135. The summed E-state index contributed by atoms with van der Waals surface area (Å²) in [5.41, 5.74) is -0.374. The Kier molecular flexibility index (Phi) is 7.21. The summed E-state index contributed by atoms with van der Waals surface area (Å²) in [5, 5.41) is 11.5. The molecular formula is C30H28F3NO5. The van der Waals surface area contributed by atoms with Gasteiger partial charge in [-0.2, -0.15) is 13.2 Å². The molecule has 1 unspecified atom stereocenters. The maximum atomic E-state index is 13.5. The Bertz CT molecular complexity index is 1470. The Morgan fingerprint density at radius 2 is 1.59 bits per heavy atom. The Hall–Kier alpha value is -4.27. The summed E-state index contributed by atoms with van der Waals surface area (Å²) in [4.78, 5) is 27.8. The lowest BCUT2D eigenvalue weighted by Crippen LogP contribution is -2.29. The van der Waals surface area contributed by atoms with E-state index in [0.29, 0.717) is 17.1 Å². The second-order valence-electron chi connectivity index (χ2n) is 10.2. The van der Waals surface area contributed by atoms with Gasteiger partial charge in [-0.1, -0.05) is 39.0 Å². The van der Waals surface area contributed by atoms with Crippen LogP contribution in [0.25, 0.3) is 5.76 Å². The van der Waals surface area contributed by atoms with Crippen LogP contribution in [-0.2, 0) is 21.2 Å². The summed E-state index contributed by atoms with van der Waals surface area (Å²) in [5.74, 6) is -1.56. The first-order valence-electron chi connectivity index (χ1n) is 12.1. The zero-order valence-electron chi connectivity index (χ0n) is 22.1. The molecule has 3 aromatic carbocycles. The molecule has 4 rings (SSSR count). The Labute approximate surface area is 224 Å². The summed E-state index contributed by atoms with van der Waals surface area (Å²) >= 11 is 0. The van der Waals surface area contributed by atoms with Gasteiger partial charge in [-0.3, -0.25) is 14.5 Å². The van der Waals surface area contributed by atoms with Crippen molar-refractivity contribution >= 4 is 23.1 Å². The third-order valence-electron chi connectivity index (χ3n) is 6.59. The molecule has 0 radical (unpaired) electrons. The quantitative estimate of drug-likeness (QED) is 0.223. The number of ketones is 1. The summed E-state index contributed by atoms with van der Waals surface area (Å²) in [7, 11) is 2.96. The highest BCUT2D eigenvalue weighted by atomic mass is 19.4. The fraction of sp³-hybridized carbons (Fsp3) is 0.267. The van der Waals surface area contributed by atoms with Crippen molar-refractivity contribution < 1.29 is 37.3 Å². The maximum Gasteiger partial charge on any atom is 0.416 e. The number of benzene rings is 3. The molecule has 0 saturated carbocycles. The second-order valence-corrected chi connectivity index (χ2v) is 10.2. The van der Waals surface area contributed by atoms with Crippen LogP contribution in [0.2, 0.25) is 0 Å². The van der Waals surface area contributed by atoms with Gasteiger partial charge < -0.3 is 14.6 Å². The van der Waals surface area contributed by atoms with E-state index < -0.39 is 40.6 Å². The van der Waals surface area contributed by atoms with Gasteiger partial charge in [0.2, 0.25) is 0 Å². The van der Waals surface area contributed by atoms with Crippen LogP contribution in [0.5, 0.6) is 11.5 Å². The number of hydrogen-bond donors (Lipinski definition) is 1. The average molecular weight is 540 g/mol. The number of nitrogens with zero attached hydrogens (tertiary/aromatic N) is 1. The summed E-state index contributed by atoms with van der Waals surface area (Å²) in [6.45, 7) is 5.87. The van der Waals surface area contributed by atoms with Crippen LogP contribution in [0.3, 0.4) is 0 Å². The average Bonchev–Trinajstić information content (AvgIpc) is 3.17. The predicted molar refractivity (Wildman–Crippen MR) is 141 cm³/mol. The molecule has 1 aliphatic heterocycles. The molecule has 6 nitrogen and oxygen atoms in total. The third kappa shape index (κ3) is 5.21. The molecule has 39 heavy (non-hydrogen) atoms. The molecule has 3 aromatic rings. The number of anilines is 1. The molecule has 1 atom stereocenters. The Morgan fingerprint density at radius 3 is 2.21 bits per heavy atom. The van der Waals surface area contributed by atoms with Gasteiger partial charge in [-0.25, -0.2) is 0 Å². The number of methoxy groups -OCH3 is 2. The summed E-state index contributed by atoms with van der Waals surface area (Å²) in [6, 6.07) is 14.3. The fourth-order valence-corrected chi connectivity index (χ4v) is 4.65. The van der Waals surface area contributed by atoms with Crippen LogP contribution in [0, 0.1) is 0 Å². The number of alkyl halides is 3. The molecule has 0 bridgehead atoms. The number of rotatable bonds is 5. The molecule has 9 heteroatoms. The van der Waals surface area contributed by atoms with Gasteiger partial charge in [0.15, 0.2) is 0 Å². The zero-order chi connectivity index (χ0) is 28.7. The smallest absolute Gasteiger partial charge is 0.416 e. The van der Waals surface area contributed by atoms with E-state index in [1.807, 2.05) is 20.8 Å². The fourth-order valence-electron chi connectivity index (χ4n) is 4.65.